The maximum Gasteiger partial charge on any atom is 0.341 e. The summed E-state index contributed by atoms with van der Waals surface area (Å²) in [6.45, 7) is 7.15. The summed E-state index contributed by atoms with van der Waals surface area (Å²) in [4.78, 5) is 33.8. The van der Waals surface area contributed by atoms with Crippen LogP contribution in [0.15, 0.2) is 30.3 Å². The van der Waals surface area contributed by atoms with Gasteiger partial charge in [0.05, 0.1) is 28.9 Å². The van der Waals surface area contributed by atoms with Gasteiger partial charge in [0, 0.05) is 11.1 Å². The molecule has 29 heavy (non-hydrogen) atoms. The Hall–Kier alpha value is -2.99. The van der Waals surface area contributed by atoms with Crippen molar-refractivity contribution in [3.63, 3.8) is 0 Å². The molecule has 0 amide bonds. The van der Waals surface area contributed by atoms with Crippen LogP contribution in [0.5, 0.6) is 0 Å². The Morgan fingerprint density at radius 2 is 1.69 bits per heavy atom. The van der Waals surface area contributed by atoms with Gasteiger partial charge in [-0.1, -0.05) is 29.8 Å². The molecule has 0 aliphatic carbocycles. The first kappa shape index (κ1) is 20.7. The van der Waals surface area contributed by atoms with E-state index in [4.69, 9.17) is 21.1 Å². The first-order valence-corrected chi connectivity index (χ1v) is 9.57. The van der Waals surface area contributed by atoms with Crippen molar-refractivity contribution < 1.29 is 19.1 Å². The average molecular weight is 413 g/mol. The first-order valence-electron chi connectivity index (χ1n) is 9.19. The van der Waals surface area contributed by atoms with Gasteiger partial charge in [-0.2, -0.15) is 0 Å². The fourth-order valence-electron chi connectivity index (χ4n) is 3.26. The maximum atomic E-state index is 12.6. The van der Waals surface area contributed by atoms with Gasteiger partial charge in [-0.3, -0.25) is 0 Å². The monoisotopic (exact) mass is 412 g/mol. The zero-order valence-corrected chi connectivity index (χ0v) is 17.5. The van der Waals surface area contributed by atoms with Gasteiger partial charge in [0.1, 0.15) is 11.8 Å². The van der Waals surface area contributed by atoms with E-state index < -0.39 is 11.9 Å². The van der Waals surface area contributed by atoms with Gasteiger partial charge >= 0.3 is 11.9 Å². The lowest BCUT2D eigenvalue weighted by Crippen LogP contribution is -2.16. The number of pyridine rings is 2. The molecule has 1 aromatic carbocycles. The number of aryl methyl sites for hydroxylation is 3. The van der Waals surface area contributed by atoms with Crippen LogP contribution >= 0.6 is 11.6 Å². The zero-order valence-electron chi connectivity index (χ0n) is 16.7. The van der Waals surface area contributed by atoms with Gasteiger partial charge < -0.3 is 9.47 Å². The molecule has 7 heteroatoms. The van der Waals surface area contributed by atoms with E-state index in [0.717, 1.165) is 10.9 Å². The lowest BCUT2D eigenvalue weighted by molar-refractivity contribution is 0.0443. The van der Waals surface area contributed by atoms with Gasteiger partial charge in [-0.15, -0.1) is 0 Å². The summed E-state index contributed by atoms with van der Waals surface area (Å²) < 4.78 is 10.6. The van der Waals surface area contributed by atoms with Crippen molar-refractivity contribution in [2.75, 3.05) is 6.61 Å². The van der Waals surface area contributed by atoms with E-state index in [2.05, 4.69) is 9.97 Å². The fourth-order valence-corrected chi connectivity index (χ4v) is 3.62. The van der Waals surface area contributed by atoms with Gasteiger partial charge in [-0.05, 0) is 51.0 Å². The second-order valence-corrected chi connectivity index (χ2v) is 6.98. The molecule has 0 saturated carbocycles. The molecule has 2 aromatic heterocycles. The normalized spacial score (nSPS) is 10.8. The molecule has 0 aliphatic heterocycles. The van der Waals surface area contributed by atoms with Crippen molar-refractivity contribution in [2.24, 2.45) is 0 Å². The molecule has 0 fully saturated rings. The van der Waals surface area contributed by atoms with Gasteiger partial charge in [0.25, 0.3) is 0 Å². The van der Waals surface area contributed by atoms with Crippen LogP contribution in [-0.2, 0) is 16.1 Å². The van der Waals surface area contributed by atoms with Crippen molar-refractivity contribution in [3.8, 4) is 0 Å². The predicted molar refractivity (Wildman–Crippen MR) is 110 cm³/mol. The summed E-state index contributed by atoms with van der Waals surface area (Å²) in [7, 11) is 0. The number of hydrogen-bond acceptors (Lipinski definition) is 6. The van der Waals surface area contributed by atoms with Crippen LogP contribution in [0, 0.1) is 20.8 Å². The molecular formula is C22H21ClN2O4. The molecular weight excluding hydrogens is 392 g/mol. The van der Waals surface area contributed by atoms with Crippen molar-refractivity contribution in [2.45, 2.75) is 34.3 Å². The number of aromatic nitrogens is 2. The molecule has 0 N–H and O–H groups in total. The molecule has 0 radical (unpaired) electrons. The number of carbonyl (C=O) groups is 2. The third-order valence-corrected chi connectivity index (χ3v) is 4.82. The summed E-state index contributed by atoms with van der Waals surface area (Å²) in [6.07, 6.45) is 0. The van der Waals surface area contributed by atoms with Crippen LogP contribution in [0.1, 0.15) is 50.2 Å². The quantitative estimate of drug-likeness (QED) is 0.444. The maximum absolute atomic E-state index is 12.6. The van der Waals surface area contributed by atoms with E-state index in [1.165, 1.54) is 0 Å². The SMILES string of the molecule is CCOC(=O)c1c(COC(=O)c2c(C)cc(C)nc2Cl)nc2ccccc2c1C. The van der Waals surface area contributed by atoms with E-state index in [-0.39, 0.29) is 23.9 Å². The molecule has 2 heterocycles. The minimum absolute atomic E-state index is 0.0840. The number of para-hydroxylation sites is 1. The van der Waals surface area contributed by atoms with E-state index in [0.29, 0.717) is 28.0 Å². The molecule has 0 spiro atoms. The van der Waals surface area contributed by atoms with Gasteiger partial charge in [-0.25, -0.2) is 19.6 Å². The second kappa shape index (κ2) is 8.57. The highest BCUT2D eigenvalue weighted by Gasteiger charge is 2.22. The Morgan fingerprint density at radius 1 is 1.00 bits per heavy atom. The van der Waals surface area contributed by atoms with E-state index in [1.54, 1.807) is 26.8 Å². The Kier molecular flexibility index (Phi) is 6.13. The van der Waals surface area contributed by atoms with Crippen molar-refractivity contribution >= 4 is 34.4 Å². The molecule has 3 rings (SSSR count). The summed E-state index contributed by atoms with van der Waals surface area (Å²) in [6, 6.07) is 9.21. The Morgan fingerprint density at radius 3 is 2.38 bits per heavy atom. The van der Waals surface area contributed by atoms with Crippen LogP contribution in [0.25, 0.3) is 10.9 Å². The Balaban J connectivity index is 1.98. The zero-order chi connectivity index (χ0) is 21.1. The molecule has 0 bridgehead atoms. The molecule has 0 aliphatic rings. The number of benzene rings is 1. The highest BCUT2D eigenvalue weighted by Crippen LogP contribution is 2.25. The van der Waals surface area contributed by atoms with Crippen LogP contribution < -0.4 is 0 Å². The molecule has 150 valence electrons. The molecule has 6 nitrogen and oxygen atoms in total. The number of ether oxygens (including phenoxy) is 2. The summed E-state index contributed by atoms with van der Waals surface area (Å²) >= 11 is 6.14. The Bertz CT molecular complexity index is 1090. The number of fused-ring (bicyclic) bond motifs is 1. The van der Waals surface area contributed by atoms with Crippen LogP contribution in [-0.4, -0.2) is 28.5 Å². The van der Waals surface area contributed by atoms with Gasteiger partial charge in [0.2, 0.25) is 0 Å². The van der Waals surface area contributed by atoms with Crippen molar-refractivity contribution in [1.29, 1.82) is 0 Å². The Labute approximate surface area is 173 Å². The minimum Gasteiger partial charge on any atom is -0.462 e. The van der Waals surface area contributed by atoms with Crippen molar-refractivity contribution in [3.05, 3.63) is 69.1 Å². The fraction of sp³-hybridized carbons (Fsp3) is 0.273. The predicted octanol–water partition coefficient (Wildman–Crippen LogP) is 4.74. The summed E-state index contributed by atoms with van der Waals surface area (Å²) in [5, 5.41) is 0.924. The molecule has 0 saturated heterocycles. The lowest BCUT2D eigenvalue weighted by atomic mass is 10.0. The smallest absolute Gasteiger partial charge is 0.341 e. The third-order valence-electron chi connectivity index (χ3n) is 4.55. The topological polar surface area (TPSA) is 78.4 Å². The third kappa shape index (κ3) is 4.22. The molecule has 0 atom stereocenters. The highest BCUT2D eigenvalue weighted by atomic mass is 35.5. The van der Waals surface area contributed by atoms with Crippen molar-refractivity contribution in [1.82, 2.24) is 9.97 Å². The standard InChI is InChI=1S/C22H21ClN2O4/c1-5-28-22(27)19-14(4)15-8-6-7-9-16(15)25-17(19)11-29-21(26)18-12(2)10-13(3)24-20(18)23/h6-10H,5,11H2,1-4H3. The summed E-state index contributed by atoms with van der Waals surface area (Å²) in [5.41, 5.74) is 3.65. The first-order chi connectivity index (χ1) is 13.8. The number of nitrogens with zero attached hydrogens (tertiary/aromatic N) is 2. The van der Waals surface area contributed by atoms with E-state index in [1.807, 2.05) is 31.2 Å². The number of hydrogen-bond donors (Lipinski definition) is 0. The minimum atomic E-state index is -0.623. The second-order valence-electron chi connectivity index (χ2n) is 6.62. The molecule has 3 aromatic rings. The van der Waals surface area contributed by atoms with Crippen LogP contribution in [0.4, 0.5) is 0 Å². The number of halogens is 1. The lowest BCUT2D eigenvalue weighted by Gasteiger charge is -2.15. The summed E-state index contributed by atoms with van der Waals surface area (Å²) in [5.74, 6) is -1.12. The number of carbonyl (C=O) groups excluding carboxylic acids is 2. The average Bonchev–Trinajstić information content (AvgIpc) is 2.65. The van der Waals surface area contributed by atoms with Gasteiger partial charge in [0.15, 0.2) is 0 Å². The highest BCUT2D eigenvalue weighted by molar-refractivity contribution is 6.32. The number of rotatable bonds is 5. The molecule has 0 unspecified atom stereocenters. The van der Waals surface area contributed by atoms with Crippen LogP contribution in [0.2, 0.25) is 5.15 Å². The van der Waals surface area contributed by atoms with E-state index in [9.17, 15) is 9.59 Å². The van der Waals surface area contributed by atoms with E-state index >= 15 is 0 Å². The number of esters is 2. The van der Waals surface area contributed by atoms with Crippen LogP contribution in [0.3, 0.4) is 0 Å². The largest absolute Gasteiger partial charge is 0.462 e.